The number of amides is 1. The van der Waals surface area contributed by atoms with Crippen molar-refractivity contribution < 1.29 is 38.0 Å². The second-order valence-corrected chi connectivity index (χ2v) is 7.35. The van der Waals surface area contributed by atoms with Gasteiger partial charge in [0.25, 0.3) is 0 Å². The van der Waals surface area contributed by atoms with Gasteiger partial charge in [0.05, 0.1) is 66.1 Å². The van der Waals surface area contributed by atoms with Crippen molar-refractivity contribution in [1.82, 2.24) is 5.32 Å². The Balaban J connectivity index is -0.000000290. The summed E-state index contributed by atoms with van der Waals surface area (Å²) < 4.78 is 38.6. The predicted octanol–water partition coefficient (Wildman–Crippen LogP) is 7.34. The van der Waals surface area contributed by atoms with Crippen molar-refractivity contribution in [1.29, 1.82) is 0 Å². The molecule has 0 heterocycles. The number of ether oxygens (including phenoxy) is 7. The maximum Gasteiger partial charge on any atom is 0.222 e. The zero-order valence-corrected chi connectivity index (χ0v) is 30.8. The van der Waals surface area contributed by atoms with Crippen LogP contribution in [0, 0.1) is 0 Å². The molecule has 0 aromatic rings. The Morgan fingerprint density at radius 1 is 0.452 bits per heavy atom. The Morgan fingerprint density at radius 3 is 1.12 bits per heavy atom. The van der Waals surface area contributed by atoms with Gasteiger partial charge in [-0.2, -0.15) is 0 Å². The van der Waals surface area contributed by atoms with E-state index in [-0.39, 0.29) is 12.3 Å². The molecule has 0 aliphatic rings. The summed E-state index contributed by atoms with van der Waals surface area (Å²) in [4.78, 5) is 12.5. The van der Waals surface area contributed by atoms with E-state index in [1.807, 2.05) is 90.0 Å². The molecule has 0 aromatic carbocycles. The number of hydrogen-bond acceptors (Lipinski definition) is 8. The summed E-state index contributed by atoms with van der Waals surface area (Å²) in [5.41, 5.74) is -0.705. The molecule has 0 saturated heterocycles. The third-order valence-electron chi connectivity index (χ3n) is 4.23. The fourth-order valence-corrected chi connectivity index (χ4v) is 2.67. The van der Waals surface area contributed by atoms with Gasteiger partial charge in [-0.1, -0.05) is 83.1 Å². The largest absolute Gasteiger partial charge is 0.379 e. The minimum absolute atomic E-state index is 0.121. The van der Waals surface area contributed by atoms with Crippen LogP contribution in [0.25, 0.3) is 0 Å². The Hall–Kier alpha value is -0.810. The van der Waals surface area contributed by atoms with Gasteiger partial charge in [-0.3, -0.25) is 4.79 Å². The molecular weight excluding hydrogens is 538 g/mol. The highest BCUT2D eigenvalue weighted by Crippen LogP contribution is 2.10. The predicted molar refractivity (Wildman–Crippen MR) is 180 cm³/mol. The summed E-state index contributed by atoms with van der Waals surface area (Å²) in [5, 5.41) is 3.05. The normalized spacial score (nSPS) is 9.67. The van der Waals surface area contributed by atoms with Crippen LogP contribution in [0.5, 0.6) is 0 Å². The van der Waals surface area contributed by atoms with Crippen molar-refractivity contribution in [3.8, 4) is 0 Å². The van der Waals surface area contributed by atoms with Crippen LogP contribution in [0.3, 0.4) is 0 Å². The third kappa shape index (κ3) is 46.2. The first-order valence-corrected chi connectivity index (χ1v) is 17.0. The zero-order chi connectivity index (χ0) is 33.8. The standard InChI is InChI=1S/C23H47NO8.5C2H6/c1-5-10-28-13-15-30-17-18-31-16-14-29-12-9-22(25)24-23(19-26-7-3,20-27-8-4)21-32-11-6-2;5*1-2/h5-21H2,1-4H3,(H,24,25);5*1-2H3. The number of nitrogens with one attached hydrogen (secondary N) is 1. The molecule has 0 aliphatic heterocycles. The first-order chi connectivity index (χ1) is 20.6. The van der Waals surface area contributed by atoms with Crippen molar-refractivity contribution in [2.24, 2.45) is 0 Å². The molecule has 0 spiro atoms. The van der Waals surface area contributed by atoms with Crippen LogP contribution in [0.2, 0.25) is 0 Å². The van der Waals surface area contributed by atoms with Crippen LogP contribution in [-0.2, 0) is 38.0 Å². The summed E-state index contributed by atoms with van der Waals surface area (Å²) in [7, 11) is 0. The highest BCUT2D eigenvalue weighted by atomic mass is 16.6. The van der Waals surface area contributed by atoms with E-state index in [1.54, 1.807) is 0 Å². The van der Waals surface area contributed by atoms with Crippen molar-refractivity contribution in [3.05, 3.63) is 0 Å². The summed E-state index contributed by atoms with van der Waals surface area (Å²) in [6.45, 7) is 34.9. The van der Waals surface area contributed by atoms with Crippen LogP contribution < -0.4 is 5.32 Å². The lowest BCUT2D eigenvalue weighted by Crippen LogP contribution is -2.58. The van der Waals surface area contributed by atoms with Gasteiger partial charge in [-0.15, -0.1) is 0 Å². The van der Waals surface area contributed by atoms with Gasteiger partial charge in [-0.25, -0.2) is 0 Å². The number of carbonyl (C=O) groups is 1. The topological polar surface area (TPSA) is 93.7 Å². The van der Waals surface area contributed by atoms with Crippen LogP contribution >= 0.6 is 0 Å². The van der Waals surface area contributed by atoms with Crippen LogP contribution in [0.4, 0.5) is 0 Å². The van der Waals surface area contributed by atoms with Gasteiger partial charge in [0.1, 0.15) is 5.54 Å². The van der Waals surface area contributed by atoms with Gasteiger partial charge >= 0.3 is 0 Å². The summed E-state index contributed by atoms with van der Waals surface area (Å²) in [5.74, 6) is -0.121. The molecule has 9 heteroatoms. The van der Waals surface area contributed by atoms with Crippen molar-refractivity contribution >= 4 is 5.91 Å². The molecule has 0 aromatic heterocycles. The number of hydrogen-bond donors (Lipinski definition) is 1. The maximum atomic E-state index is 12.5. The lowest BCUT2D eigenvalue weighted by atomic mass is 10.0. The lowest BCUT2D eigenvalue weighted by molar-refractivity contribution is -0.128. The van der Waals surface area contributed by atoms with E-state index in [1.165, 1.54) is 0 Å². The Bertz CT molecular complexity index is 408. The minimum atomic E-state index is -0.705. The fraction of sp³-hybridized carbons (Fsp3) is 0.970. The Labute approximate surface area is 263 Å². The van der Waals surface area contributed by atoms with Gasteiger partial charge in [0.2, 0.25) is 5.91 Å². The van der Waals surface area contributed by atoms with Gasteiger partial charge in [0.15, 0.2) is 0 Å². The molecule has 0 saturated carbocycles. The average molecular weight is 616 g/mol. The Kier molecular flexibility index (Phi) is 71.7. The lowest BCUT2D eigenvalue weighted by Gasteiger charge is -2.34. The molecule has 0 bridgehead atoms. The SMILES string of the molecule is CC.CC.CC.CC.CC.CCCOCCOCCOCCOCCC(=O)NC(COCC)(COCC)COCCC. The maximum absolute atomic E-state index is 12.5. The van der Waals surface area contributed by atoms with E-state index in [0.717, 1.165) is 19.4 Å². The quantitative estimate of drug-likeness (QED) is 0.107. The molecule has 0 radical (unpaired) electrons. The molecule has 0 fully saturated rings. The molecule has 262 valence electrons. The smallest absolute Gasteiger partial charge is 0.222 e. The van der Waals surface area contributed by atoms with E-state index in [2.05, 4.69) is 12.2 Å². The summed E-state index contributed by atoms with van der Waals surface area (Å²) >= 11 is 0. The Morgan fingerprint density at radius 2 is 0.762 bits per heavy atom. The van der Waals surface area contributed by atoms with Crippen LogP contribution in [-0.4, -0.2) is 104 Å². The minimum Gasteiger partial charge on any atom is -0.379 e. The number of carbonyl (C=O) groups excluding carboxylic acids is 1. The van der Waals surface area contributed by atoms with Crippen LogP contribution in [0.15, 0.2) is 0 Å². The second kappa shape index (κ2) is 56.0. The molecular formula is C33H77NO8. The van der Waals surface area contributed by atoms with E-state index < -0.39 is 5.54 Å². The molecule has 0 unspecified atom stereocenters. The first kappa shape index (κ1) is 53.7. The molecule has 0 rings (SSSR count). The van der Waals surface area contributed by atoms with E-state index in [4.69, 9.17) is 33.2 Å². The molecule has 0 aliphatic carbocycles. The first-order valence-electron chi connectivity index (χ1n) is 17.0. The van der Waals surface area contributed by atoms with Gasteiger partial charge < -0.3 is 38.5 Å². The highest BCUT2D eigenvalue weighted by Gasteiger charge is 2.33. The molecule has 0 atom stereocenters. The number of rotatable bonds is 25. The van der Waals surface area contributed by atoms with E-state index in [9.17, 15) is 4.79 Å². The van der Waals surface area contributed by atoms with Crippen LogP contribution in [0.1, 0.15) is 116 Å². The molecule has 1 amide bonds. The van der Waals surface area contributed by atoms with Crippen molar-refractivity contribution in [2.45, 2.75) is 122 Å². The monoisotopic (exact) mass is 616 g/mol. The third-order valence-corrected chi connectivity index (χ3v) is 4.23. The summed E-state index contributed by atoms with van der Waals surface area (Å²) in [6.07, 6.45) is 2.16. The van der Waals surface area contributed by atoms with E-state index in [0.29, 0.717) is 85.9 Å². The van der Waals surface area contributed by atoms with Gasteiger partial charge in [0, 0.05) is 32.8 Å². The van der Waals surface area contributed by atoms with E-state index >= 15 is 0 Å². The zero-order valence-electron chi connectivity index (χ0n) is 30.8. The molecule has 1 N–H and O–H groups in total. The van der Waals surface area contributed by atoms with Crippen molar-refractivity contribution in [2.75, 3.05) is 92.5 Å². The molecule has 42 heavy (non-hydrogen) atoms. The highest BCUT2D eigenvalue weighted by molar-refractivity contribution is 5.77. The van der Waals surface area contributed by atoms with Gasteiger partial charge in [-0.05, 0) is 26.7 Å². The second-order valence-electron chi connectivity index (χ2n) is 7.35. The fourth-order valence-electron chi connectivity index (χ4n) is 2.67. The average Bonchev–Trinajstić information content (AvgIpc) is 3.06. The van der Waals surface area contributed by atoms with Crippen molar-refractivity contribution in [3.63, 3.8) is 0 Å². The summed E-state index contributed by atoms with van der Waals surface area (Å²) in [6, 6.07) is 0. The molecule has 9 nitrogen and oxygen atoms in total.